The quantitative estimate of drug-likeness (QED) is 0.346. The molecule has 36 heavy (non-hydrogen) atoms. The van der Waals surface area contributed by atoms with Crippen molar-refractivity contribution in [2.45, 2.75) is 25.5 Å². The number of ether oxygens (including phenoxy) is 1. The Kier molecular flexibility index (Phi) is 7.85. The number of fused-ring (bicyclic) bond motifs is 1. The van der Waals surface area contributed by atoms with Crippen molar-refractivity contribution in [3.05, 3.63) is 94.1 Å². The molecule has 1 aliphatic carbocycles. The molecule has 0 aliphatic heterocycles. The van der Waals surface area contributed by atoms with E-state index in [4.69, 9.17) is 4.74 Å². The van der Waals surface area contributed by atoms with E-state index in [2.05, 4.69) is 26.8 Å². The third-order valence-corrected chi connectivity index (χ3v) is 5.59. The molecule has 8 nitrogen and oxygen atoms in total. The van der Waals surface area contributed by atoms with Crippen LogP contribution < -0.4 is 0 Å². The van der Waals surface area contributed by atoms with Crippen LogP contribution in [0.5, 0.6) is 5.75 Å². The van der Waals surface area contributed by atoms with E-state index in [1.54, 1.807) is 48.8 Å². The largest absolute Gasteiger partial charge is 0.508 e. The molecule has 182 valence electrons. The number of methoxy groups -OCH3 is 1. The minimum Gasteiger partial charge on any atom is -0.508 e. The van der Waals surface area contributed by atoms with Crippen LogP contribution in [0.3, 0.4) is 0 Å². The summed E-state index contributed by atoms with van der Waals surface area (Å²) in [6.45, 7) is 0.177. The van der Waals surface area contributed by atoms with E-state index in [9.17, 15) is 20.1 Å². The number of hydrogen-bond acceptors (Lipinski definition) is 7. The van der Waals surface area contributed by atoms with Gasteiger partial charge in [0.2, 0.25) is 0 Å². The van der Waals surface area contributed by atoms with Crippen LogP contribution in [-0.4, -0.2) is 50.7 Å². The Labute approximate surface area is 208 Å². The van der Waals surface area contributed by atoms with Gasteiger partial charge in [-0.25, -0.2) is 4.79 Å². The Morgan fingerprint density at radius 2 is 2.00 bits per heavy atom. The highest BCUT2D eigenvalue weighted by Crippen LogP contribution is 2.28. The van der Waals surface area contributed by atoms with E-state index >= 15 is 0 Å². The lowest BCUT2D eigenvalue weighted by atomic mass is 9.92. The summed E-state index contributed by atoms with van der Waals surface area (Å²) in [7, 11) is 1.53. The predicted molar refractivity (Wildman–Crippen MR) is 135 cm³/mol. The molecular weight excluding hydrogens is 458 g/mol. The third-order valence-electron chi connectivity index (χ3n) is 5.59. The molecule has 1 unspecified atom stereocenters. The number of aromatic carboxylic acids is 1. The standard InChI is InChI=1S/C28H25N3O5/c1-36-17-21(13-18-6-9-22(32)10-7-18)30-27(33)26-15-24(28(34)35)23-14-19(8-11-25(23)31-26)4-5-20-3-2-12-29-16-20/h2-3,6-7,9-10,12,14-16,27,32-33H,8,11,13,17H2,1H3,(H,34,35)/b30-21-. The first kappa shape index (κ1) is 24.8. The molecule has 0 saturated carbocycles. The monoisotopic (exact) mass is 483 g/mol. The van der Waals surface area contributed by atoms with Crippen molar-refractivity contribution >= 4 is 17.8 Å². The van der Waals surface area contributed by atoms with Gasteiger partial charge < -0.3 is 20.1 Å². The van der Waals surface area contributed by atoms with Crippen LogP contribution in [0.4, 0.5) is 0 Å². The van der Waals surface area contributed by atoms with Gasteiger partial charge in [0.1, 0.15) is 5.75 Å². The zero-order chi connectivity index (χ0) is 25.5. The van der Waals surface area contributed by atoms with Crippen molar-refractivity contribution in [3.8, 4) is 17.6 Å². The number of carboxylic acids is 1. The van der Waals surface area contributed by atoms with Crippen LogP contribution in [0.2, 0.25) is 0 Å². The molecule has 8 heteroatoms. The van der Waals surface area contributed by atoms with Crippen LogP contribution in [0.25, 0.3) is 6.08 Å². The normalized spacial score (nSPS) is 13.7. The molecule has 0 spiro atoms. The number of benzene rings is 1. The van der Waals surface area contributed by atoms with Crippen LogP contribution in [0.15, 0.2) is 65.4 Å². The maximum absolute atomic E-state index is 12.1. The van der Waals surface area contributed by atoms with Gasteiger partial charge in [-0.05, 0) is 54.8 Å². The van der Waals surface area contributed by atoms with Crippen LogP contribution in [0.1, 0.15) is 51.1 Å². The maximum Gasteiger partial charge on any atom is 0.336 e. The number of aryl methyl sites for hydroxylation is 1. The zero-order valence-corrected chi connectivity index (χ0v) is 19.7. The molecule has 3 N–H and O–H groups in total. The van der Waals surface area contributed by atoms with Crippen molar-refractivity contribution < 1.29 is 24.9 Å². The van der Waals surface area contributed by atoms with E-state index in [1.165, 1.54) is 13.2 Å². The molecule has 3 aromatic rings. The molecule has 2 heterocycles. The first-order chi connectivity index (χ1) is 17.4. The number of rotatable bonds is 7. The lowest BCUT2D eigenvalue weighted by Crippen LogP contribution is -2.16. The summed E-state index contributed by atoms with van der Waals surface area (Å²) in [6.07, 6.45) is 5.22. The number of nitrogens with zero attached hydrogens (tertiary/aromatic N) is 3. The number of hydrogen-bond donors (Lipinski definition) is 3. The van der Waals surface area contributed by atoms with Crippen LogP contribution >= 0.6 is 0 Å². The number of carboxylic acid groups (broad SMARTS) is 1. The number of allylic oxidation sites excluding steroid dienone is 1. The SMILES string of the molecule is COC/C(Cc1ccc(O)cc1)=N\C(O)c1cc(C(=O)O)c2c(n1)CCC(C#Cc1cccnc1)=C2. The van der Waals surface area contributed by atoms with Gasteiger partial charge in [-0.2, -0.15) is 0 Å². The zero-order valence-electron chi connectivity index (χ0n) is 19.7. The van der Waals surface area contributed by atoms with Crippen molar-refractivity contribution in [3.63, 3.8) is 0 Å². The molecule has 1 aromatic carbocycles. The summed E-state index contributed by atoms with van der Waals surface area (Å²) < 4.78 is 5.23. The second kappa shape index (κ2) is 11.4. The number of aliphatic hydroxyl groups is 1. The minimum absolute atomic E-state index is 0.0384. The molecule has 4 rings (SSSR count). The fourth-order valence-electron chi connectivity index (χ4n) is 3.87. The second-order valence-corrected chi connectivity index (χ2v) is 8.27. The number of aromatic nitrogens is 2. The van der Waals surface area contributed by atoms with Crippen molar-refractivity contribution in [2.75, 3.05) is 13.7 Å². The minimum atomic E-state index is -1.36. The first-order valence-electron chi connectivity index (χ1n) is 11.3. The number of phenols is 1. The Bertz CT molecular complexity index is 1370. The summed E-state index contributed by atoms with van der Waals surface area (Å²) in [5.41, 5.74) is 4.28. The average Bonchev–Trinajstić information content (AvgIpc) is 2.88. The van der Waals surface area contributed by atoms with Gasteiger partial charge in [0.25, 0.3) is 0 Å². The molecule has 1 atom stereocenters. The van der Waals surface area contributed by atoms with Crippen molar-refractivity contribution in [1.29, 1.82) is 0 Å². The van der Waals surface area contributed by atoms with Crippen LogP contribution in [0, 0.1) is 11.8 Å². The van der Waals surface area contributed by atoms with Gasteiger partial charge in [0, 0.05) is 54.0 Å². The fourth-order valence-corrected chi connectivity index (χ4v) is 3.87. The molecule has 1 aliphatic rings. The number of carbonyl (C=O) groups is 1. The lowest BCUT2D eigenvalue weighted by molar-refractivity contribution is 0.0696. The summed E-state index contributed by atoms with van der Waals surface area (Å²) in [5.74, 6) is 5.18. The van der Waals surface area contributed by atoms with Gasteiger partial charge in [0.15, 0.2) is 6.23 Å². The van der Waals surface area contributed by atoms with E-state index in [1.807, 2.05) is 6.07 Å². The van der Waals surface area contributed by atoms with Gasteiger partial charge >= 0.3 is 5.97 Å². The van der Waals surface area contributed by atoms with E-state index in [-0.39, 0.29) is 23.6 Å². The molecule has 0 radical (unpaired) electrons. The Balaban J connectivity index is 1.63. The lowest BCUT2D eigenvalue weighted by Gasteiger charge is -2.18. The third kappa shape index (κ3) is 6.21. The number of aliphatic hydroxyl groups excluding tert-OH is 1. The molecule has 0 saturated heterocycles. The number of phenolic OH excluding ortho intramolecular Hbond substituents is 1. The van der Waals surface area contributed by atoms with Gasteiger partial charge in [-0.1, -0.05) is 24.0 Å². The van der Waals surface area contributed by atoms with Crippen LogP contribution in [-0.2, 0) is 17.6 Å². The van der Waals surface area contributed by atoms with E-state index in [0.717, 1.165) is 16.7 Å². The molecular formula is C28H25N3O5. The number of aliphatic imine (C=N–C) groups is 1. The highest BCUT2D eigenvalue weighted by molar-refractivity contribution is 5.93. The molecule has 2 aromatic heterocycles. The fraction of sp³-hybridized carbons (Fsp3) is 0.214. The Morgan fingerprint density at radius 1 is 1.19 bits per heavy atom. The smallest absolute Gasteiger partial charge is 0.336 e. The van der Waals surface area contributed by atoms with Crippen molar-refractivity contribution in [1.82, 2.24) is 9.97 Å². The van der Waals surface area contributed by atoms with Gasteiger partial charge in [-0.3, -0.25) is 15.0 Å². The first-order valence-corrected chi connectivity index (χ1v) is 11.3. The summed E-state index contributed by atoms with van der Waals surface area (Å²) >= 11 is 0. The molecule has 0 fully saturated rings. The van der Waals surface area contributed by atoms with Crippen molar-refractivity contribution in [2.24, 2.45) is 4.99 Å². The highest BCUT2D eigenvalue weighted by atomic mass is 16.5. The molecule has 0 bridgehead atoms. The van der Waals surface area contributed by atoms with Gasteiger partial charge in [-0.15, -0.1) is 0 Å². The predicted octanol–water partition coefficient (Wildman–Crippen LogP) is 3.58. The second-order valence-electron chi connectivity index (χ2n) is 8.27. The topological polar surface area (TPSA) is 125 Å². The van der Waals surface area contributed by atoms with E-state index < -0.39 is 12.2 Å². The Hall–Kier alpha value is -4.32. The summed E-state index contributed by atoms with van der Waals surface area (Å²) in [6, 6.07) is 11.7. The summed E-state index contributed by atoms with van der Waals surface area (Å²) in [5, 5.41) is 30.2. The van der Waals surface area contributed by atoms with Gasteiger partial charge in [0.05, 0.1) is 17.9 Å². The highest BCUT2D eigenvalue weighted by Gasteiger charge is 2.22. The summed E-state index contributed by atoms with van der Waals surface area (Å²) in [4.78, 5) is 25.0. The molecule has 0 amide bonds. The maximum atomic E-state index is 12.1. The van der Waals surface area contributed by atoms with E-state index in [0.29, 0.717) is 36.2 Å². The number of pyridine rings is 2. The Morgan fingerprint density at radius 3 is 2.69 bits per heavy atom. The number of aromatic hydroxyl groups is 1. The average molecular weight is 484 g/mol.